The Kier molecular flexibility index (Phi) is 5.58. The highest BCUT2D eigenvalue weighted by atomic mass is 32.2. The summed E-state index contributed by atoms with van der Waals surface area (Å²) in [6.45, 7) is 2.33. The van der Waals surface area contributed by atoms with Crippen LogP contribution in [0, 0.1) is 6.92 Å². The van der Waals surface area contributed by atoms with Crippen molar-refractivity contribution in [2.75, 3.05) is 0 Å². The number of ether oxygens (including phenoxy) is 1. The number of thioether (sulfide) groups is 1. The highest BCUT2D eigenvalue weighted by Gasteiger charge is 2.07. The Hall–Kier alpha value is -3.18. The normalized spacial score (nSPS) is 10.9. The predicted molar refractivity (Wildman–Crippen MR) is 117 cm³/mol. The fraction of sp³-hybridized carbons (Fsp3) is 0.125. The number of nitrogens with zero attached hydrogens (tertiary/aromatic N) is 1. The van der Waals surface area contributed by atoms with Gasteiger partial charge in [0.05, 0.1) is 5.69 Å². The first-order valence-corrected chi connectivity index (χ1v) is 10.3. The summed E-state index contributed by atoms with van der Waals surface area (Å²) in [6, 6.07) is 25.6. The fourth-order valence-electron chi connectivity index (χ4n) is 3.26. The maximum Gasteiger partial charge on any atom is 0.283 e. The second kappa shape index (κ2) is 8.45. The van der Waals surface area contributed by atoms with Gasteiger partial charge in [-0.3, -0.25) is 4.79 Å². The molecule has 4 aromatic rings. The smallest absolute Gasteiger partial charge is 0.283 e. The zero-order valence-electron chi connectivity index (χ0n) is 16.0. The fourth-order valence-corrected chi connectivity index (χ4v) is 4.15. The van der Waals surface area contributed by atoms with Gasteiger partial charge in [0.15, 0.2) is 0 Å². The Labute approximate surface area is 173 Å². The molecular formula is C24H21NO3S. The lowest BCUT2D eigenvalue weighted by atomic mass is 10.1. The largest absolute Gasteiger partial charge is 0.489 e. The molecule has 0 saturated heterocycles. The third kappa shape index (κ3) is 4.46. The lowest BCUT2D eigenvalue weighted by Gasteiger charge is -2.11. The number of aromatic nitrogens is 1. The zero-order chi connectivity index (χ0) is 20.2. The van der Waals surface area contributed by atoms with Crippen LogP contribution >= 0.6 is 11.8 Å². The van der Waals surface area contributed by atoms with Crippen molar-refractivity contribution in [1.82, 2.24) is 4.73 Å². The Morgan fingerprint density at radius 3 is 2.66 bits per heavy atom. The molecule has 0 atom stereocenters. The standard InChI is InChI=1S/C24H21NO3S/c1-17-12-20(25(27)24(26)13-17)16-29-22-10-5-9-21(14-22)28-15-19-8-4-7-18-6-2-3-11-23(18)19/h2-14,27H,15-16H2,1H3. The highest BCUT2D eigenvalue weighted by Crippen LogP contribution is 2.27. The lowest BCUT2D eigenvalue weighted by molar-refractivity contribution is 0.167. The summed E-state index contributed by atoms with van der Waals surface area (Å²) in [5.74, 6) is 1.27. The molecule has 0 radical (unpaired) electrons. The van der Waals surface area contributed by atoms with E-state index in [1.54, 1.807) is 11.8 Å². The second-order valence-electron chi connectivity index (χ2n) is 6.86. The van der Waals surface area contributed by atoms with Gasteiger partial charge in [-0.1, -0.05) is 48.5 Å². The molecule has 3 aromatic carbocycles. The average molecular weight is 404 g/mol. The molecule has 4 rings (SSSR count). The second-order valence-corrected chi connectivity index (χ2v) is 7.91. The topological polar surface area (TPSA) is 51.5 Å². The predicted octanol–water partition coefficient (Wildman–Crippen LogP) is 5.42. The van der Waals surface area contributed by atoms with Crippen molar-refractivity contribution in [3.05, 3.63) is 106 Å². The summed E-state index contributed by atoms with van der Waals surface area (Å²) >= 11 is 1.54. The van der Waals surface area contributed by atoms with Crippen LogP contribution < -0.4 is 10.3 Å². The Bertz CT molecular complexity index is 1210. The molecule has 0 amide bonds. The summed E-state index contributed by atoms with van der Waals surface area (Å²) in [5.41, 5.74) is 2.14. The summed E-state index contributed by atoms with van der Waals surface area (Å²) in [4.78, 5) is 12.7. The third-order valence-electron chi connectivity index (χ3n) is 4.69. The minimum Gasteiger partial charge on any atom is -0.489 e. The molecule has 1 aromatic heterocycles. The molecule has 0 bridgehead atoms. The molecule has 0 unspecified atom stereocenters. The van der Waals surface area contributed by atoms with Crippen molar-refractivity contribution in [2.24, 2.45) is 0 Å². The quantitative estimate of drug-likeness (QED) is 0.345. The monoisotopic (exact) mass is 403 g/mol. The number of pyridine rings is 1. The molecule has 1 heterocycles. The molecule has 0 aliphatic carbocycles. The minimum atomic E-state index is -0.409. The molecular weight excluding hydrogens is 382 g/mol. The van der Waals surface area contributed by atoms with E-state index >= 15 is 0 Å². The van der Waals surface area contributed by atoms with Gasteiger partial charge in [0.2, 0.25) is 0 Å². The van der Waals surface area contributed by atoms with E-state index in [9.17, 15) is 10.0 Å². The first-order chi connectivity index (χ1) is 14.1. The van der Waals surface area contributed by atoms with E-state index in [-0.39, 0.29) is 0 Å². The molecule has 0 saturated carbocycles. The van der Waals surface area contributed by atoms with E-state index in [4.69, 9.17) is 4.74 Å². The number of fused-ring (bicyclic) bond motifs is 1. The summed E-state index contributed by atoms with van der Waals surface area (Å²) in [7, 11) is 0. The molecule has 4 nitrogen and oxygen atoms in total. The third-order valence-corrected chi connectivity index (χ3v) is 5.72. The van der Waals surface area contributed by atoms with Gasteiger partial charge in [-0.2, -0.15) is 4.73 Å². The van der Waals surface area contributed by atoms with Crippen LogP contribution in [0.25, 0.3) is 10.8 Å². The van der Waals surface area contributed by atoms with Crippen molar-refractivity contribution >= 4 is 22.5 Å². The highest BCUT2D eigenvalue weighted by molar-refractivity contribution is 7.98. The van der Waals surface area contributed by atoms with Gasteiger partial charge >= 0.3 is 0 Å². The first kappa shape index (κ1) is 19.2. The van der Waals surface area contributed by atoms with E-state index in [0.717, 1.165) is 21.8 Å². The van der Waals surface area contributed by atoms with Crippen LogP contribution in [-0.4, -0.2) is 9.94 Å². The van der Waals surface area contributed by atoms with Gasteiger partial charge in [0.25, 0.3) is 5.56 Å². The number of benzene rings is 3. The van der Waals surface area contributed by atoms with Crippen molar-refractivity contribution in [1.29, 1.82) is 0 Å². The molecule has 0 aliphatic heterocycles. The lowest BCUT2D eigenvalue weighted by Crippen LogP contribution is -2.20. The summed E-state index contributed by atoms with van der Waals surface area (Å²) in [6.07, 6.45) is 0. The molecule has 5 heteroatoms. The first-order valence-electron chi connectivity index (χ1n) is 9.34. The SMILES string of the molecule is Cc1cc(CSc2cccc(OCc3cccc4ccccc34)c2)n(O)c(=O)c1. The number of rotatable bonds is 6. The molecule has 29 heavy (non-hydrogen) atoms. The maximum absolute atomic E-state index is 11.7. The van der Waals surface area contributed by atoms with Crippen LogP contribution in [0.4, 0.5) is 0 Å². The minimum absolute atomic E-state index is 0.409. The van der Waals surface area contributed by atoms with Crippen LogP contribution in [0.5, 0.6) is 5.75 Å². The number of hydrogen-bond acceptors (Lipinski definition) is 4. The van der Waals surface area contributed by atoms with Gasteiger partial charge in [-0.15, -0.1) is 11.8 Å². The summed E-state index contributed by atoms with van der Waals surface area (Å²) in [5, 5.41) is 12.3. The van der Waals surface area contributed by atoms with E-state index in [1.165, 1.54) is 16.8 Å². The van der Waals surface area contributed by atoms with E-state index in [0.29, 0.717) is 22.8 Å². The Morgan fingerprint density at radius 2 is 1.76 bits per heavy atom. The summed E-state index contributed by atoms with van der Waals surface area (Å²) < 4.78 is 6.75. The molecule has 0 fully saturated rings. The van der Waals surface area contributed by atoms with Crippen molar-refractivity contribution in [3.8, 4) is 5.75 Å². The molecule has 0 spiro atoms. The number of hydrogen-bond donors (Lipinski definition) is 1. The van der Waals surface area contributed by atoms with Crippen LogP contribution in [0.2, 0.25) is 0 Å². The van der Waals surface area contributed by atoms with Gasteiger partial charge < -0.3 is 9.94 Å². The van der Waals surface area contributed by atoms with Crippen LogP contribution in [0.1, 0.15) is 16.8 Å². The van der Waals surface area contributed by atoms with Crippen LogP contribution in [-0.2, 0) is 12.4 Å². The van der Waals surface area contributed by atoms with Gasteiger partial charge in [0.1, 0.15) is 12.4 Å². The average Bonchev–Trinajstić information content (AvgIpc) is 2.74. The Balaban J connectivity index is 1.46. The van der Waals surface area contributed by atoms with Gasteiger partial charge in [-0.25, -0.2) is 0 Å². The molecule has 1 N–H and O–H groups in total. The van der Waals surface area contributed by atoms with E-state index in [2.05, 4.69) is 24.3 Å². The number of aryl methyl sites for hydroxylation is 1. The van der Waals surface area contributed by atoms with Crippen LogP contribution in [0.15, 0.2) is 88.6 Å². The van der Waals surface area contributed by atoms with Crippen LogP contribution in [0.3, 0.4) is 0 Å². The zero-order valence-corrected chi connectivity index (χ0v) is 16.9. The van der Waals surface area contributed by atoms with Crippen molar-refractivity contribution in [2.45, 2.75) is 24.2 Å². The van der Waals surface area contributed by atoms with Gasteiger partial charge in [0, 0.05) is 16.7 Å². The molecule has 146 valence electrons. The van der Waals surface area contributed by atoms with E-state index in [1.807, 2.05) is 55.5 Å². The van der Waals surface area contributed by atoms with Crippen molar-refractivity contribution in [3.63, 3.8) is 0 Å². The Morgan fingerprint density at radius 1 is 0.966 bits per heavy atom. The van der Waals surface area contributed by atoms with Crippen molar-refractivity contribution < 1.29 is 9.94 Å². The maximum atomic E-state index is 11.7. The van der Waals surface area contributed by atoms with E-state index < -0.39 is 5.56 Å². The van der Waals surface area contributed by atoms with Gasteiger partial charge in [-0.05, 0) is 53.1 Å². The molecule has 0 aliphatic rings.